The van der Waals surface area contributed by atoms with Crippen molar-refractivity contribution in [2.24, 2.45) is 0 Å². The first-order valence-electron chi connectivity index (χ1n) is 5.58. The Morgan fingerprint density at radius 3 is 2.89 bits per heavy atom. The van der Waals surface area contributed by atoms with E-state index >= 15 is 0 Å². The average Bonchev–Trinajstić information content (AvgIpc) is 2.80. The van der Waals surface area contributed by atoms with E-state index in [4.69, 9.17) is 9.84 Å². The molecule has 1 fully saturated rings. The summed E-state index contributed by atoms with van der Waals surface area (Å²) < 4.78 is 31.4. The lowest BCUT2D eigenvalue weighted by atomic mass is 10.0. The Bertz CT molecular complexity index is 453. The second-order valence-corrected chi connectivity index (χ2v) is 4.09. The SMILES string of the molecule is O=C(CO)NC1CCOC1c1ccc(F)c(F)c1. The third kappa shape index (κ3) is 2.65. The predicted octanol–water partition coefficient (Wildman–Crippen LogP) is 0.903. The number of carbonyl (C=O) groups is 1. The minimum absolute atomic E-state index is 0.338. The minimum atomic E-state index is -0.949. The van der Waals surface area contributed by atoms with Crippen LogP contribution in [0.2, 0.25) is 0 Å². The Kier molecular flexibility index (Phi) is 3.88. The van der Waals surface area contributed by atoms with Gasteiger partial charge >= 0.3 is 0 Å². The van der Waals surface area contributed by atoms with Crippen LogP contribution in [0, 0.1) is 11.6 Å². The summed E-state index contributed by atoms with van der Waals surface area (Å²) in [7, 11) is 0. The summed E-state index contributed by atoms with van der Waals surface area (Å²) in [6, 6.07) is 3.17. The monoisotopic (exact) mass is 257 g/mol. The molecule has 4 nitrogen and oxygen atoms in total. The Morgan fingerprint density at radius 2 is 2.22 bits per heavy atom. The van der Waals surface area contributed by atoms with Gasteiger partial charge in [0.15, 0.2) is 11.6 Å². The molecule has 2 atom stereocenters. The van der Waals surface area contributed by atoms with E-state index in [1.54, 1.807) is 0 Å². The van der Waals surface area contributed by atoms with Crippen molar-refractivity contribution in [2.45, 2.75) is 18.6 Å². The van der Waals surface area contributed by atoms with E-state index in [1.807, 2.05) is 0 Å². The number of hydrogen-bond acceptors (Lipinski definition) is 3. The number of benzene rings is 1. The van der Waals surface area contributed by atoms with Gasteiger partial charge in [-0.3, -0.25) is 4.79 Å². The molecule has 98 valence electrons. The van der Waals surface area contributed by atoms with E-state index in [9.17, 15) is 13.6 Å². The molecule has 0 spiro atoms. The molecule has 1 heterocycles. The molecular weight excluding hydrogens is 244 g/mol. The standard InChI is InChI=1S/C12H13F2NO3/c13-8-2-1-7(5-9(8)14)12-10(3-4-18-12)15-11(17)6-16/h1-2,5,10,12,16H,3-4,6H2,(H,15,17). The van der Waals surface area contributed by atoms with Crippen LogP contribution in [0.5, 0.6) is 0 Å². The lowest BCUT2D eigenvalue weighted by Crippen LogP contribution is -2.38. The van der Waals surface area contributed by atoms with Crippen LogP contribution in [0.1, 0.15) is 18.1 Å². The molecule has 2 rings (SSSR count). The van der Waals surface area contributed by atoms with E-state index in [-0.39, 0.29) is 6.04 Å². The van der Waals surface area contributed by atoms with Crippen molar-refractivity contribution >= 4 is 5.91 Å². The molecule has 1 aliphatic rings. The van der Waals surface area contributed by atoms with Crippen LogP contribution >= 0.6 is 0 Å². The Labute approximate surface area is 103 Å². The van der Waals surface area contributed by atoms with Gasteiger partial charge in [0.2, 0.25) is 5.91 Å². The molecule has 0 radical (unpaired) electrons. The summed E-state index contributed by atoms with van der Waals surface area (Å²) in [6.07, 6.45) is 0.0469. The number of aliphatic hydroxyl groups is 1. The molecule has 1 aromatic carbocycles. The average molecular weight is 257 g/mol. The molecule has 1 amide bonds. The highest BCUT2D eigenvalue weighted by Gasteiger charge is 2.31. The zero-order valence-corrected chi connectivity index (χ0v) is 9.53. The molecule has 2 N–H and O–H groups in total. The summed E-state index contributed by atoms with van der Waals surface area (Å²) in [4.78, 5) is 11.1. The quantitative estimate of drug-likeness (QED) is 0.846. The third-order valence-corrected chi connectivity index (χ3v) is 2.85. The predicted molar refractivity (Wildman–Crippen MR) is 58.7 cm³/mol. The van der Waals surface area contributed by atoms with Crippen LogP contribution in [-0.4, -0.2) is 30.3 Å². The van der Waals surface area contributed by atoms with Crippen LogP contribution in [0.3, 0.4) is 0 Å². The largest absolute Gasteiger partial charge is 0.387 e. The molecule has 0 aliphatic carbocycles. The molecule has 0 saturated carbocycles. The summed E-state index contributed by atoms with van der Waals surface area (Å²) in [5.74, 6) is -2.39. The molecule has 1 saturated heterocycles. The first kappa shape index (κ1) is 12.9. The first-order valence-corrected chi connectivity index (χ1v) is 5.58. The molecule has 2 unspecified atom stereocenters. The summed E-state index contributed by atoms with van der Waals surface area (Å²) in [5.41, 5.74) is 0.467. The van der Waals surface area contributed by atoms with Gasteiger partial charge in [-0.2, -0.15) is 0 Å². The van der Waals surface area contributed by atoms with Gasteiger partial charge in [0.1, 0.15) is 12.7 Å². The van der Waals surface area contributed by atoms with Gasteiger partial charge < -0.3 is 15.2 Å². The van der Waals surface area contributed by atoms with Crippen molar-refractivity contribution in [1.29, 1.82) is 0 Å². The number of ether oxygens (including phenoxy) is 1. The molecule has 1 aromatic rings. The second-order valence-electron chi connectivity index (χ2n) is 4.09. The van der Waals surface area contributed by atoms with Crippen LogP contribution in [0.25, 0.3) is 0 Å². The van der Waals surface area contributed by atoms with Crippen molar-refractivity contribution in [3.05, 3.63) is 35.4 Å². The maximum absolute atomic E-state index is 13.1. The lowest BCUT2D eigenvalue weighted by molar-refractivity contribution is -0.124. The van der Waals surface area contributed by atoms with E-state index in [0.29, 0.717) is 18.6 Å². The van der Waals surface area contributed by atoms with Crippen LogP contribution in [0.4, 0.5) is 8.78 Å². The van der Waals surface area contributed by atoms with E-state index < -0.39 is 30.3 Å². The van der Waals surface area contributed by atoms with Gasteiger partial charge in [0, 0.05) is 6.61 Å². The van der Waals surface area contributed by atoms with E-state index in [0.717, 1.165) is 12.1 Å². The fourth-order valence-electron chi connectivity index (χ4n) is 2.01. The molecule has 6 heteroatoms. The van der Waals surface area contributed by atoms with Gasteiger partial charge in [-0.25, -0.2) is 8.78 Å². The fourth-order valence-corrected chi connectivity index (χ4v) is 2.01. The molecule has 0 bridgehead atoms. The van der Waals surface area contributed by atoms with Crippen molar-refractivity contribution in [2.75, 3.05) is 13.2 Å². The second kappa shape index (κ2) is 5.41. The van der Waals surface area contributed by atoms with Gasteiger partial charge in [-0.05, 0) is 24.1 Å². The van der Waals surface area contributed by atoms with Gasteiger partial charge in [-0.15, -0.1) is 0 Å². The summed E-state index contributed by atoms with van der Waals surface area (Å²) >= 11 is 0. The maximum Gasteiger partial charge on any atom is 0.246 e. The number of rotatable bonds is 3. The maximum atomic E-state index is 13.1. The molecular formula is C12H13F2NO3. The van der Waals surface area contributed by atoms with Crippen molar-refractivity contribution < 1.29 is 23.4 Å². The Hall–Kier alpha value is -1.53. The van der Waals surface area contributed by atoms with E-state index in [1.165, 1.54) is 6.07 Å². The molecule has 1 aliphatic heterocycles. The molecule has 18 heavy (non-hydrogen) atoms. The Balaban J connectivity index is 2.15. The number of halogens is 2. The number of nitrogens with one attached hydrogen (secondary N) is 1. The third-order valence-electron chi connectivity index (χ3n) is 2.85. The highest BCUT2D eigenvalue weighted by molar-refractivity contribution is 5.77. The molecule has 0 aromatic heterocycles. The number of aliphatic hydroxyl groups excluding tert-OH is 1. The van der Waals surface area contributed by atoms with Crippen molar-refractivity contribution in [3.8, 4) is 0 Å². The minimum Gasteiger partial charge on any atom is -0.387 e. The lowest BCUT2D eigenvalue weighted by Gasteiger charge is -2.19. The van der Waals surface area contributed by atoms with Gasteiger partial charge in [-0.1, -0.05) is 6.07 Å². The zero-order chi connectivity index (χ0) is 13.1. The van der Waals surface area contributed by atoms with Crippen molar-refractivity contribution in [3.63, 3.8) is 0 Å². The number of hydrogen-bond donors (Lipinski definition) is 2. The first-order chi connectivity index (χ1) is 8.61. The number of amides is 1. The normalized spacial score (nSPS) is 23.1. The smallest absolute Gasteiger partial charge is 0.246 e. The zero-order valence-electron chi connectivity index (χ0n) is 9.53. The number of carbonyl (C=O) groups excluding carboxylic acids is 1. The van der Waals surface area contributed by atoms with Gasteiger partial charge in [0.25, 0.3) is 0 Å². The van der Waals surface area contributed by atoms with Crippen molar-refractivity contribution in [1.82, 2.24) is 5.32 Å². The van der Waals surface area contributed by atoms with Crippen LogP contribution in [-0.2, 0) is 9.53 Å². The summed E-state index contributed by atoms with van der Waals surface area (Å²) in [6.45, 7) is -0.193. The van der Waals surface area contributed by atoms with Crippen LogP contribution in [0.15, 0.2) is 18.2 Å². The van der Waals surface area contributed by atoms with E-state index in [2.05, 4.69) is 5.32 Å². The van der Waals surface area contributed by atoms with Gasteiger partial charge in [0.05, 0.1) is 6.04 Å². The summed E-state index contributed by atoms with van der Waals surface area (Å²) in [5, 5.41) is 11.3. The fraction of sp³-hybridized carbons (Fsp3) is 0.417. The van der Waals surface area contributed by atoms with Crippen LogP contribution < -0.4 is 5.32 Å². The Morgan fingerprint density at radius 1 is 1.44 bits per heavy atom. The topological polar surface area (TPSA) is 58.6 Å². The highest BCUT2D eigenvalue weighted by Crippen LogP contribution is 2.29. The highest BCUT2D eigenvalue weighted by atomic mass is 19.2.